The van der Waals surface area contributed by atoms with Crippen molar-refractivity contribution in [1.82, 2.24) is 0 Å². The maximum absolute atomic E-state index is 11.3. The number of hydrogen-bond acceptors (Lipinski definition) is 22. The van der Waals surface area contributed by atoms with Crippen LogP contribution in [0.1, 0.15) is 161 Å². The number of methoxy groups -OCH3 is 2. The Morgan fingerprint density at radius 2 is 0.602 bits per heavy atom. The summed E-state index contributed by atoms with van der Waals surface area (Å²) in [7, 11) is 8.93. The van der Waals surface area contributed by atoms with Crippen LogP contribution in [0.4, 0.5) is 0 Å². The van der Waals surface area contributed by atoms with E-state index in [1.54, 1.807) is 31.4 Å². The number of aromatic hydroxyl groups is 1. The summed E-state index contributed by atoms with van der Waals surface area (Å²) in [5.41, 5.74) is 7.89. The number of ether oxygens (including phenoxy) is 7. The first-order valence-electron chi connectivity index (χ1n) is 41.1. The third-order valence-electron chi connectivity index (χ3n) is 21.1. The van der Waals surface area contributed by atoms with Crippen molar-refractivity contribution in [3.05, 3.63) is 233 Å². The lowest BCUT2D eigenvalue weighted by molar-refractivity contribution is -0.141. The highest BCUT2D eigenvalue weighted by atomic mass is 79.9. The van der Waals surface area contributed by atoms with Gasteiger partial charge in [0.25, 0.3) is 17.7 Å². The Kier molecular flexibility index (Phi) is 48.2. The number of carbonyl (C=O) groups is 3. The molecule has 0 amide bonds. The quantitative estimate of drug-likeness (QED) is 0.00839. The number of esters is 2. The standard InChI is InChI=1S/C26H33NO5.C25H31NO5.C16H23NO3.C10H12O3.C9H10BrNO.C8H16O2/c1-29-25(28)17-14-20-12-15-24(16-13-20)31-18-21-8-10-22(11-9-21)19-32-26(27-30-2)23-6-4-3-5-7-23;1-29-26-25(22-5-3-2-4-6-22)31-18-21-9-7-20(8-10-21)17-30-23-14-11-19(12-15-23)13-16-24(27)28;1-19-17-16(15-5-3-2-4-6-15)20-12-14-9-7-13(11-18)8-10-14;1-13-10(12)7-4-8-2-5-9(11)6-3-8;1-12-11-9(7-10)8-5-3-2-4-6-8;9-5-7-1-2-8(6-10)4-3-7/h3-7,12-13,15-16,21-22H,8-11,14,17-19H2,1-2H3;2-6,11-12,14-15,20-21H,7-10,13,16-18H2,1H3,(H,27,28);2-6,13-14,18H,7-12H2,1H3;2-3,5-6,11H,4,7H2,1H3;2-6H,7H2,1H3;7-10H,1-6H2/b27-26-;26-25-;17-16-;;11-9+;. The number of hydrogen-bond donors (Lipinski definition) is 5. The average Bonchev–Trinajstić information content (AvgIpc) is 0.887. The molecule has 0 bridgehead atoms. The minimum absolute atomic E-state index is 0.150. The molecule has 118 heavy (non-hydrogen) atoms. The highest BCUT2D eigenvalue weighted by molar-refractivity contribution is 9.09. The molecule has 642 valence electrons. The molecule has 24 heteroatoms. The lowest BCUT2D eigenvalue weighted by atomic mass is 9.83. The van der Waals surface area contributed by atoms with Gasteiger partial charge in [0.2, 0.25) is 0 Å². The van der Waals surface area contributed by atoms with Gasteiger partial charge in [-0.1, -0.05) is 142 Å². The van der Waals surface area contributed by atoms with E-state index < -0.39 is 5.97 Å². The molecule has 23 nitrogen and oxygen atoms in total. The number of aliphatic carboxylic acids is 1. The number of carbonyl (C=O) groups excluding carboxylic acids is 2. The van der Waals surface area contributed by atoms with Crippen molar-refractivity contribution < 1.29 is 92.4 Å². The number of oxime groups is 4. The third-order valence-corrected chi connectivity index (χ3v) is 21.6. The second kappa shape index (κ2) is 58.8. The summed E-state index contributed by atoms with van der Waals surface area (Å²) in [5.74, 6) is 6.57. The molecule has 0 radical (unpaired) electrons. The summed E-state index contributed by atoms with van der Waals surface area (Å²) in [5, 5.41) is 61.1. The molecule has 4 aliphatic carbocycles. The van der Waals surface area contributed by atoms with Crippen LogP contribution in [0.5, 0.6) is 17.2 Å². The van der Waals surface area contributed by atoms with Crippen LogP contribution in [0.25, 0.3) is 0 Å². The molecule has 11 rings (SSSR count). The van der Waals surface area contributed by atoms with Gasteiger partial charge in [-0.05, 0) is 274 Å². The summed E-state index contributed by atoms with van der Waals surface area (Å²) in [4.78, 5) is 52.2. The highest BCUT2D eigenvalue weighted by Gasteiger charge is 2.27. The fraction of sp³-hybridized carbons (Fsp3) is 0.479. The highest BCUT2D eigenvalue weighted by Crippen LogP contribution is 2.33. The zero-order valence-electron chi connectivity index (χ0n) is 69.6. The molecule has 0 spiro atoms. The van der Waals surface area contributed by atoms with Crippen molar-refractivity contribution in [2.75, 3.05) is 101 Å². The minimum Gasteiger partial charge on any atom is -0.508 e. The molecule has 4 aliphatic rings. The van der Waals surface area contributed by atoms with E-state index in [0.717, 1.165) is 165 Å². The number of alkyl halides is 1. The predicted octanol–water partition coefficient (Wildman–Crippen LogP) is 17.4. The fourth-order valence-corrected chi connectivity index (χ4v) is 14.2. The number of carboxylic acids is 1. The lowest BCUT2D eigenvalue weighted by Crippen LogP contribution is -2.24. The van der Waals surface area contributed by atoms with Gasteiger partial charge in [0.1, 0.15) is 45.7 Å². The minimum atomic E-state index is -0.774. The lowest BCUT2D eigenvalue weighted by Gasteiger charge is -2.28. The van der Waals surface area contributed by atoms with E-state index in [1.807, 2.05) is 170 Å². The molecular formula is C94H125BrN4O19. The zero-order valence-corrected chi connectivity index (χ0v) is 71.2. The topological polar surface area (TPSA) is 303 Å². The number of phenolic OH excluding ortho intramolecular Hbond substituents is 1. The normalized spacial score (nSPS) is 19.1. The summed E-state index contributed by atoms with van der Waals surface area (Å²) in [6, 6.07) is 61.9. The average molecular weight is 1690 g/mol. The molecule has 0 heterocycles. The van der Waals surface area contributed by atoms with Crippen LogP contribution in [0.3, 0.4) is 0 Å². The summed E-state index contributed by atoms with van der Waals surface area (Å²) in [6.07, 6.45) is 20.6. The first-order chi connectivity index (χ1) is 57.6. The van der Waals surface area contributed by atoms with Crippen LogP contribution in [0, 0.1) is 47.3 Å². The fourth-order valence-electron chi connectivity index (χ4n) is 13.8. The van der Waals surface area contributed by atoms with Gasteiger partial charge < -0.3 is 78.0 Å². The van der Waals surface area contributed by atoms with E-state index in [4.69, 9.17) is 68.6 Å². The van der Waals surface area contributed by atoms with Gasteiger partial charge in [-0.25, -0.2) is 0 Å². The largest absolute Gasteiger partial charge is 0.508 e. The van der Waals surface area contributed by atoms with Crippen LogP contribution in [0.15, 0.2) is 215 Å². The Hall–Kier alpha value is -10.0. The maximum atomic E-state index is 11.3. The number of rotatable bonds is 33. The number of carboxylic acid groups (broad SMARTS) is 1. The van der Waals surface area contributed by atoms with Gasteiger partial charge in [0, 0.05) is 66.7 Å². The van der Waals surface area contributed by atoms with Crippen LogP contribution >= 0.6 is 15.9 Å². The van der Waals surface area contributed by atoms with Gasteiger partial charge >= 0.3 is 17.9 Å². The molecule has 0 saturated heterocycles. The van der Waals surface area contributed by atoms with Gasteiger partial charge in [0.15, 0.2) is 0 Å². The molecule has 0 aliphatic heterocycles. The van der Waals surface area contributed by atoms with Crippen molar-refractivity contribution >= 4 is 57.2 Å². The van der Waals surface area contributed by atoms with E-state index in [0.29, 0.717) is 149 Å². The SMILES string of the molecule is CO/N=C(\CBr)c1ccccc1.CO/N=C(\OCC1CCC(CO)CC1)c1ccccc1.CO/N=C(\OCC1CCC(COc2ccc(CCC(=O)O)cc2)CC1)c1ccccc1.CO/N=C(\OCC1CCC(COc2ccc(CCC(=O)OC)cc2)CC1)c1ccccc1.COC(=O)CCc1ccc(O)cc1.OCC1CCC(CO)CC1. The maximum Gasteiger partial charge on any atom is 0.305 e. The molecule has 4 fully saturated rings. The smallest absolute Gasteiger partial charge is 0.305 e. The van der Waals surface area contributed by atoms with E-state index in [2.05, 4.69) is 46.0 Å². The summed E-state index contributed by atoms with van der Waals surface area (Å²) >= 11 is 3.34. The van der Waals surface area contributed by atoms with E-state index in [9.17, 15) is 14.4 Å². The van der Waals surface area contributed by atoms with Crippen LogP contribution in [-0.4, -0.2) is 168 Å². The second-order valence-electron chi connectivity index (χ2n) is 29.7. The Bertz CT molecular complexity index is 3910. The second-order valence-corrected chi connectivity index (χ2v) is 30.3. The van der Waals surface area contributed by atoms with Crippen LogP contribution in [-0.2, 0) is 76.7 Å². The number of nitrogens with zero attached hydrogens (tertiary/aromatic N) is 4. The van der Waals surface area contributed by atoms with Gasteiger partial charge in [-0.2, -0.15) is 0 Å². The molecule has 0 atom stereocenters. The summed E-state index contributed by atoms with van der Waals surface area (Å²) < 4.78 is 39.0. The first kappa shape index (κ1) is 96.8. The van der Waals surface area contributed by atoms with Gasteiger partial charge in [-0.15, -0.1) is 0 Å². The molecule has 5 N–H and O–H groups in total. The molecule has 4 saturated carbocycles. The number of aliphatic hydroxyl groups is 3. The Labute approximate surface area is 706 Å². The van der Waals surface area contributed by atoms with Crippen molar-refractivity contribution in [3.8, 4) is 17.2 Å². The van der Waals surface area contributed by atoms with Crippen molar-refractivity contribution in [3.63, 3.8) is 0 Å². The number of aryl methyl sites for hydroxylation is 3. The van der Waals surface area contributed by atoms with Crippen molar-refractivity contribution in [2.45, 2.75) is 141 Å². The first-order valence-corrected chi connectivity index (χ1v) is 42.2. The number of halogens is 1. The third kappa shape index (κ3) is 39.5. The number of benzene rings is 7. The van der Waals surface area contributed by atoms with Crippen LogP contribution < -0.4 is 9.47 Å². The van der Waals surface area contributed by atoms with E-state index >= 15 is 0 Å². The Morgan fingerprint density at radius 1 is 0.339 bits per heavy atom. The van der Waals surface area contributed by atoms with Crippen molar-refractivity contribution in [1.29, 1.82) is 0 Å². The number of phenols is 1. The monoisotopic (exact) mass is 1690 g/mol. The zero-order chi connectivity index (χ0) is 84.6. The Balaban J connectivity index is 0.000000232. The number of aliphatic hydroxyl groups excluding tert-OH is 3. The molecule has 0 unspecified atom stereocenters. The van der Waals surface area contributed by atoms with Gasteiger partial charge in [-0.3, -0.25) is 14.4 Å². The van der Waals surface area contributed by atoms with E-state index in [1.165, 1.54) is 35.5 Å². The predicted molar refractivity (Wildman–Crippen MR) is 463 cm³/mol. The van der Waals surface area contributed by atoms with E-state index in [-0.39, 0.29) is 24.1 Å². The Morgan fingerprint density at radius 3 is 0.864 bits per heavy atom. The molecule has 0 aromatic heterocycles. The van der Waals surface area contributed by atoms with Gasteiger partial charge in [0.05, 0.1) is 53.0 Å². The summed E-state index contributed by atoms with van der Waals surface area (Å²) in [6.45, 7) is 4.37. The molecule has 7 aromatic carbocycles. The van der Waals surface area contributed by atoms with Crippen molar-refractivity contribution in [2.24, 2.45) is 68.0 Å². The molecular weight excluding hydrogens is 1570 g/mol. The molecule has 7 aromatic rings. The van der Waals surface area contributed by atoms with Crippen LogP contribution in [0.2, 0.25) is 0 Å².